The molecule has 1 saturated heterocycles. The maximum absolute atomic E-state index is 4.41. The summed E-state index contributed by atoms with van der Waals surface area (Å²) in [7, 11) is 1.86. The van der Waals surface area contributed by atoms with Crippen LogP contribution in [0.5, 0.6) is 0 Å². The van der Waals surface area contributed by atoms with Gasteiger partial charge in [0.2, 0.25) is 0 Å². The molecule has 0 saturated carbocycles. The van der Waals surface area contributed by atoms with Crippen LogP contribution in [0.25, 0.3) is 0 Å². The third-order valence-electron chi connectivity index (χ3n) is 3.05. The minimum Gasteiger partial charge on any atom is -0.372 e. The monoisotopic (exact) mass is 220 g/mol. The summed E-state index contributed by atoms with van der Waals surface area (Å²) in [5, 5.41) is 2.98. The van der Waals surface area contributed by atoms with Crippen LogP contribution in [-0.2, 0) is 6.54 Å². The summed E-state index contributed by atoms with van der Waals surface area (Å²) in [6, 6.07) is 0. The first-order valence-electron chi connectivity index (χ1n) is 6.09. The van der Waals surface area contributed by atoms with E-state index in [0.717, 1.165) is 18.1 Å². The van der Waals surface area contributed by atoms with Gasteiger partial charge in [0.05, 0.1) is 18.1 Å². The molecule has 1 aliphatic rings. The van der Waals surface area contributed by atoms with Gasteiger partial charge in [-0.05, 0) is 25.9 Å². The fraction of sp³-hybridized carbons (Fsp3) is 0.667. The van der Waals surface area contributed by atoms with Gasteiger partial charge >= 0.3 is 0 Å². The largest absolute Gasteiger partial charge is 0.372 e. The van der Waals surface area contributed by atoms with Crippen LogP contribution in [0.2, 0.25) is 0 Å². The average Bonchev–Trinajstić information content (AvgIpc) is 2.59. The fourth-order valence-electron chi connectivity index (χ4n) is 2.09. The lowest BCUT2D eigenvalue weighted by Crippen LogP contribution is -2.24. The van der Waals surface area contributed by atoms with E-state index in [1.807, 2.05) is 13.2 Å². The van der Waals surface area contributed by atoms with E-state index >= 15 is 0 Å². The highest BCUT2D eigenvalue weighted by molar-refractivity contribution is 5.29. The van der Waals surface area contributed by atoms with Crippen molar-refractivity contribution in [2.75, 3.05) is 25.5 Å². The number of rotatable bonds is 3. The Bertz CT molecular complexity index is 301. The summed E-state index contributed by atoms with van der Waals surface area (Å²) in [6.45, 7) is 3.35. The first kappa shape index (κ1) is 11.3. The lowest BCUT2D eigenvalue weighted by Gasteiger charge is -2.18. The first-order valence-corrected chi connectivity index (χ1v) is 6.09. The van der Waals surface area contributed by atoms with E-state index in [1.165, 1.54) is 38.8 Å². The molecule has 0 bridgehead atoms. The minimum absolute atomic E-state index is 0.833. The lowest BCUT2D eigenvalue weighted by atomic mass is 10.2. The molecule has 1 aromatic heterocycles. The molecule has 16 heavy (non-hydrogen) atoms. The standard InChI is InChI=1S/C12H20N4/c1-13-12-9-14-11(8-15-12)10-16-6-4-2-3-5-7-16/h8-9H,2-7,10H2,1H3,(H,13,15). The second kappa shape index (κ2) is 5.80. The van der Waals surface area contributed by atoms with Gasteiger partial charge in [0.25, 0.3) is 0 Å². The zero-order chi connectivity index (χ0) is 11.2. The van der Waals surface area contributed by atoms with Gasteiger partial charge in [-0.2, -0.15) is 0 Å². The molecule has 0 radical (unpaired) electrons. The number of likely N-dealkylation sites (tertiary alicyclic amines) is 1. The van der Waals surface area contributed by atoms with Crippen molar-refractivity contribution in [3.8, 4) is 0 Å². The Morgan fingerprint density at radius 3 is 2.44 bits per heavy atom. The fourth-order valence-corrected chi connectivity index (χ4v) is 2.09. The molecule has 0 amide bonds. The van der Waals surface area contributed by atoms with Crippen LogP contribution in [0.3, 0.4) is 0 Å². The van der Waals surface area contributed by atoms with Crippen LogP contribution < -0.4 is 5.32 Å². The van der Waals surface area contributed by atoms with E-state index in [2.05, 4.69) is 20.2 Å². The Morgan fingerprint density at radius 1 is 1.12 bits per heavy atom. The maximum atomic E-state index is 4.41. The molecule has 0 unspecified atom stereocenters. The Labute approximate surface area is 97.1 Å². The molecular formula is C12H20N4. The zero-order valence-electron chi connectivity index (χ0n) is 9.95. The molecule has 0 atom stereocenters. The van der Waals surface area contributed by atoms with Crippen molar-refractivity contribution in [3.63, 3.8) is 0 Å². The van der Waals surface area contributed by atoms with Crippen LogP contribution in [0, 0.1) is 0 Å². The van der Waals surface area contributed by atoms with Crippen LogP contribution in [0.15, 0.2) is 12.4 Å². The number of anilines is 1. The quantitative estimate of drug-likeness (QED) is 0.844. The highest BCUT2D eigenvalue weighted by Crippen LogP contribution is 2.12. The van der Waals surface area contributed by atoms with Crippen LogP contribution in [0.1, 0.15) is 31.4 Å². The van der Waals surface area contributed by atoms with Crippen LogP contribution >= 0.6 is 0 Å². The van der Waals surface area contributed by atoms with Crippen molar-refractivity contribution in [2.45, 2.75) is 32.2 Å². The van der Waals surface area contributed by atoms with Crippen molar-refractivity contribution < 1.29 is 0 Å². The van der Waals surface area contributed by atoms with Gasteiger partial charge in [0, 0.05) is 13.6 Å². The van der Waals surface area contributed by atoms with E-state index in [1.54, 1.807) is 6.20 Å². The molecule has 1 N–H and O–H groups in total. The zero-order valence-corrected chi connectivity index (χ0v) is 9.95. The molecule has 0 aromatic carbocycles. The normalized spacial score (nSPS) is 18.1. The highest BCUT2D eigenvalue weighted by Gasteiger charge is 2.09. The molecule has 1 fully saturated rings. The molecular weight excluding hydrogens is 200 g/mol. The van der Waals surface area contributed by atoms with Gasteiger partial charge in [-0.15, -0.1) is 0 Å². The van der Waals surface area contributed by atoms with E-state index in [4.69, 9.17) is 0 Å². The summed E-state index contributed by atoms with van der Waals surface area (Å²) in [4.78, 5) is 11.2. The molecule has 2 heterocycles. The van der Waals surface area contributed by atoms with Gasteiger partial charge in [0.1, 0.15) is 5.82 Å². The number of aromatic nitrogens is 2. The smallest absolute Gasteiger partial charge is 0.144 e. The topological polar surface area (TPSA) is 41.1 Å². The van der Waals surface area contributed by atoms with Crippen molar-refractivity contribution in [1.29, 1.82) is 0 Å². The molecule has 0 spiro atoms. The summed E-state index contributed by atoms with van der Waals surface area (Å²) < 4.78 is 0. The van der Waals surface area contributed by atoms with E-state index in [9.17, 15) is 0 Å². The number of nitrogens with zero attached hydrogens (tertiary/aromatic N) is 3. The summed E-state index contributed by atoms with van der Waals surface area (Å²) in [6.07, 6.45) is 9.07. The average molecular weight is 220 g/mol. The van der Waals surface area contributed by atoms with Crippen molar-refractivity contribution >= 4 is 5.82 Å². The Morgan fingerprint density at radius 2 is 1.88 bits per heavy atom. The molecule has 4 heteroatoms. The molecule has 2 rings (SSSR count). The number of hydrogen-bond acceptors (Lipinski definition) is 4. The van der Waals surface area contributed by atoms with Gasteiger partial charge in [-0.25, -0.2) is 4.98 Å². The highest BCUT2D eigenvalue weighted by atomic mass is 15.1. The second-order valence-corrected chi connectivity index (χ2v) is 4.33. The Kier molecular flexibility index (Phi) is 4.10. The predicted octanol–water partition coefficient (Wildman–Crippen LogP) is 1.89. The van der Waals surface area contributed by atoms with E-state index in [0.29, 0.717) is 0 Å². The summed E-state index contributed by atoms with van der Waals surface area (Å²) in [5.41, 5.74) is 1.07. The van der Waals surface area contributed by atoms with Crippen molar-refractivity contribution in [1.82, 2.24) is 14.9 Å². The summed E-state index contributed by atoms with van der Waals surface area (Å²) in [5.74, 6) is 0.833. The van der Waals surface area contributed by atoms with Gasteiger partial charge in [0.15, 0.2) is 0 Å². The van der Waals surface area contributed by atoms with E-state index < -0.39 is 0 Å². The SMILES string of the molecule is CNc1cnc(CN2CCCCCC2)cn1. The van der Waals surface area contributed by atoms with E-state index in [-0.39, 0.29) is 0 Å². The molecule has 4 nitrogen and oxygen atoms in total. The predicted molar refractivity (Wildman–Crippen MR) is 65.3 cm³/mol. The summed E-state index contributed by atoms with van der Waals surface area (Å²) >= 11 is 0. The Balaban J connectivity index is 1.91. The maximum Gasteiger partial charge on any atom is 0.144 e. The third-order valence-corrected chi connectivity index (χ3v) is 3.05. The molecule has 0 aliphatic carbocycles. The van der Waals surface area contributed by atoms with Gasteiger partial charge in [-0.1, -0.05) is 12.8 Å². The van der Waals surface area contributed by atoms with Crippen LogP contribution in [-0.4, -0.2) is 35.0 Å². The first-order chi connectivity index (χ1) is 7.88. The van der Waals surface area contributed by atoms with Crippen molar-refractivity contribution in [3.05, 3.63) is 18.1 Å². The third kappa shape index (κ3) is 3.17. The molecule has 1 aromatic rings. The lowest BCUT2D eigenvalue weighted by molar-refractivity contribution is 0.273. The number of nitrogens with one attached hydrogen (secondary N) is 1. The Hall–Kier alpha value is -1.16. The minimum atomic E-state index is 0.833. The van der Waals surface area contributed by atoms with Gasteiger partial charge < -0.3 is 5.32 Å². The van der Waals surface area contributed by atoms with Crippen LogP contribution in [0.4, 0.5) is 5.82 Å². The number of hydrogen-bond donors (Lipinski definition) is 1. The molecule has 1 aliphatic heterocycles. The second-order valence-electron chi connectivity index (χ2n) is 4.33. The molecule has 88 valence electrons. The van der Waals surface area contributed by atoms with Gasteiger partial charge in [-0.3, -0.25) is 9.88 Å². The van der Waals surface area contributed by atoms with Crippen molar-refractivity contribution in [2.24, 2.45) is 0 Å².